The first-order valence-corrected chi connectivity index (χ1v) is 12.2. The quantitative estimate of drug-likeness (QED) is 0.345. The number of sulfonamides is 1. The van der Waals surface area contributed by atoms with E-state index in [-0.39, 0.29) is 4.90 Å². The second kappa shape index (κ2) is 10.8. The fraction of sp³-hybridized carbons (Fsp3) is 0.0741. The van der Waals surface area contributed by atoms with Gasteiger partial charge in [-0.3, -0.25) is 9.10 Å². The average molecular weight is 489 g/mol. The van der Waals surface area contributed by atoms with Crippen LogP contribution in [0.25, 0.3) is 0 Å². The Balaban J connectivity index is 1.52. The first-order valence-electron chi connectivity index (χ1n) is 10.8. The molecule has 178 valence electrons. The highest BCUT2D eigenvalue weighted by atomic mass is 32.2. The van der Waals surface area contributed by atoms with Crippen molar-refractivity contribution in [1.82, 2.24) is 0 Å². The van der Waals surface area contributed by atoms with E-state index >= 15 is 0 Å². The second-order valence-electron chi connectivity index (χ2n) is 7.51. The van der Waals surface area contributed by atoms with Gasteiger partial charge in [-0.1, -0.05) is 36.4 Å². The van der Waals surface area contributed by atoms with Crippen molar-refractivity contribution in [3.8, 4) is 17.2 Å². The third kappa shape index (κ3) is 5.99. The number of amides is 1. The summed E-state index contributed by atoms with van der Waals surface area (Å²) in [7, 11) is -2.47. The van der Waals surface area contributed by atoms with E-state index in [9.17, 15) is 13.2 Å². The number of nitrogens with one attached hydrogen (secondary N) is 1. The number of methoxy groups -OCH3 is 1. The van der Waals surface area contributed by atoms with Gasteiger partial charge >= 0.3 is 0 Å². The Labute approximate surface area is 204 Å². The molecular weight excluding hydrogens is 464 g/mol. The lowest BCUT2D eigenvalue weighted by atomic mass is 10.3. The van der Waals surface area contributed by atoms with Crippen LogP contribution in [0.15, 0.2) is 114 Å². The van der Waals surface area contributed by atoms with Gasteiger partial charge in [0.25, 0.3) is 10.0 Å². The van der Waals surface area contributed by atoms with Crippen molar-refractivity contribution in [1.29, 1.82) is 0 Å². The van der Waals surface area contributed by atoms with Crippen molar-refractivity contribution < 1.29 is 22.7 Å². The van der Waals surface area contributed by atoms with Crippen LogP contribution in [0.1, 0.15) is 0 Å². The highest BCUT2D eigenvalue weighted by molar-refractivity contribution is 7.92. The van der Waals surface area contributed by atoms with Crippen molar-refractivity contribution in [3.63, 3.8) is 0 Å². The van der Waals surface area contributed by atoms with E-state index in [2.05, 4.69) is 5.32 Å². The molecule has 0 atom stereocenters. The van der Waals surface area contributed by atoms with Crippen molar-refractivity contribution in [2.45, 2.75) is 4.90 Å². The van der Waals surface area contributed by atoms with E-state index in [1.165, 1.54) is 19.2 Å². The summed E-state index contributed by atoms with van der Waals surface area (Å²) in [5.41, 5.74) is 0.860. The molecule has 7 nitrogen and oxygen atoms in total. The Bertz CT molecular complexity index is 1360. The molecule has 0 aromatic heterocycles. The minimum absolute atomic E-state index is 0.0889. The largest absolute Gasteiger partial charge is 0.497 e. The predicted molar refractivity (Wildman–Crippen MR) is 136 cm³/mol. The summed E-state index contributed by atoms with van der Waals surface area (Å²) in [6.45, 7) is -0.411. The minimum Gasteiger partial charge on any atom is -0.497 e. The summed E-state index contributed by atoms with van der Waals surface area (Å²) in [6, 6.07) is 30.7. The maximum atomic E-state index is 13.4. The first kappa shape index (κ1) is 23.8. The van der Waals surface area contributed by atoms with Gasteiger partial charge in [-0.05, 0) is 72.8 Å². The van der Waals surface area contributed by atoms with Gasteiger partial charge < -0.3 is 14.8 Å². The molecule has 0 aliphatic carbocycles. The zero-order chi connectivity index (χ0) is 24.7. The van der Waals surface area contributed by atoms with Gasteiger partial charge in [0.15, 0.2) is 0 Å². The lowest BCUT2D eigenvalue weighted by Gasteiger charge is -2.24. The van der Waals surface area contributed by atoms with Crippen LogP contribution < -0.4 is 19.1 Å². The van der Waals surface area contributed by atoms with E-state index < -0.39 is 22.5 Å². The first-order chi connectivity index (χ1) is 17.0. The molecule has 8 heteroatoms. The fourth-order valence-electron chi connectivity index (χ4n) is 3.35. The number of nitrogens with zero attached hydrogens (tertiary/aromatic N) is 1. The van der Waals surface area contributed by atoms with Crippen molar-refractivity contribution in [3.05, 3.63) is 109 Å². The smallest absolute Gasteiger partial charge is 0.264 e. The average Bonchev–Trinajstić information content (AvgIpc) is 2.89. The van der Waals surface area contributed by atoms with E-state index in [1.54, 1.807) is 66.7 Å². The normalized spacial score (nSPS) is 10.9. The highest BCUT2D eigenvalue weighted by Gasteiger charge is 2.27. The topological polar surface area (TPSA) is 84.9 Å². The third-order valence-electron chi connectivity index (χ3n) is 5.10. The lowest BCUT2D eigenvalue weighted by Crippen LogP contribution is -2.38. The molecular formula is C27H24N2O5S. The van der Waals surface area contributed by atoms with Crippen LogP contribution >= 0.6 is 0 Å². The lowest BCUT2D eigenvalue weighted by molar-refractivity contribution is -0.114. The third-order valence-corrected chi connectivity index (χ3v) is 6.88. The zero-order valence-electron chi connectivity index (χ0n) is 19.0. The van der Waals surface area contributed by atoms with Crippen molar-refractivity contribution in [2.75, 3.05) is 23.3 Å². The summed E-state index contributed by atoms with van der Waals surface area (Å²) in [6.07, 6.45) is 0. The van der Waals surface area contributed by atoms with Crippen LogP contribution in [0.5, 0.6) is 17.2 Å². The number of anilines is 2. The van der Waals surface area contributed by atoms with Crippen LogP contribution in [-0.2, 0) is 14.8 Å². The van der Waals surface area contributed by atoms with Gasteiger partial charge in [-0.2, -0.15) is 0 Å². The second-order valence-corrected chi connectivity index (χ2v) is 9.37. The molecule has 0 unspecified atom stereocenters. The molecule has 0 saturated heterocycles. The number of para-hydroxylation sites is 1. The van der Waals surface area contributed by atoms with Crippen LogP contribution in [-0.4, -0.2) is 28.0 Å². The molecule has 1 N–H and O–H groups in total. The Morgan fingerprint density at radius 1 is 0.743 bits per heavy atom. The molecule has 0 radical (unpaired) electrons. The number of carbonyl (C=O) groups excluding carboxylic acids is 1. The number of rotatable bonds is 9. The van der Waals surface area contributed by atoms with Gasteiger partial charge in [0.05, 0.1) is 17.7 Å². The number of ether oxygens (including phenoxy) is 2. The summed E-state index contributed by atoms with van der Waals surface area (Å²) in [4.78, 5) is 13.0. The maximum absolute atomic E-state index is 13.4. The summed E-state index contributed by atoms with van der Waals surface area (Å²) in [5.74, 6) is 1.40. The van der Waals surface area contributed by atoms with E-state index in [4.69, 9.17) is 9.47 Å². The number of hydrogen-bond donors (Lipinski definition) is 1. The fourth-order valence-corrected chi connectivity index (χ4v) is 4.79. The molecule has 0 heterocycles. The molecule has 0 bridgehead atoms. The Hall–Kier alpha value is -4.30. The molecule has 0 aliphatic heterocycles. The van der Waals surface area contributed by atoms with Gasteiger partial charge in [0.1, 0.15) is 23.8 Å². The van der Waals surface area contributed by atoms with Gasteiger partial charge in [-0.25, -0.2) is 8.42 Å². The molecule has 4 aromatic carbocycles. The van der Waals surface area contributed by atoms with Crippen LogP contribution in [0, 0.1) is 0 Å². The van der Waals surface area contributed by atoms with Crippen LogP contribution in [0.2, 0.25) is 0 Å². The standard InChI is InChI=1S/C27H24N2O5S/c1-33-23-18-14-22(15-19-23)29(35(31,32)26-10-6-3-7-11-26)20-27(30)28-21-12-16-25(17-13-21)34-24-8-4-2-5-9-24/h2-19H,20H2,1H3,(H,28,30). The molecule has 0 saturated carbocycles. The molecule has 1 amide bonds. The highest BCUT2D eigenvalue weighted by Crippen LogP contribution is 2.26. The number of carbonyl (C=O) groups is 1. The molecule has 35 heavy (non-hydrogen) atoms. The molecule has 4 aromatic rings. The maximum Gasteiger partial charge on any atom is 0.264 e. The molecule has 4 rings (SSSR count). The predicted octanol–water partition coefficient (Wildman–Crippen LogP) is 5.32. The number of benzene rings is 4. The zero-order valence-corrected chi connectivity index (χ0v) is 19.8. The van der Waals surface area contributed by atoms with Gasteiger partial charge in [0, 0.05) is 5.69 Å². The van der Waals surface area contributed by atoms with Gasteiger partial charge in [-0.15, -0.1) is 0 Å². The van der Waals surface area contributed by atoms with E-state index in [0.717, 1.165) is 4.31 Å². The van der Waals surface area contributed by atoms with Crippen LogP contribution in [0.4, 0.5) is 11.4 Å². The molecule has 0 spiro atoms. The Morgan fingerprint density at radius 2 is 1.29 bits per heavy atom. The van der Waals surface area contributed by atoms with E-state index in [1.807, 2.05) is 30.3 Å². The van der Waals surface area contributed by atoms with Crippen molar-refractivity contribution in [2.24, 2.45) is 0 Å². The van der Waals surface area contributed by atoms with Crippen LogP contribution in [0.3, 0.4) is 0 Å². The molecule has 0 fully saturated rings. The summed E-state index contributed by atoms with van der Waals surface area (Å²) in [5, 5.41) is 2.75. The van der Waals surface area contributed by atoms with Crippen molar-refractivity contribution >= 4 is 27.3 Å². The summed E-state index contributed by atoms with van der Waals surface area (Å²) >= 11 is 0. The molecule has 0 aliphatic rings. The SMILES string of the molecule is COc1ccc(N(CC(=O)Nc2ccc(Oc3ccccc3)cc2)S(=O)(=O)c2ccccc2)cc1. The van der Waals surface area contributed by atoms with Gasteiger partial charge in [0.2, 0.25) is 5.91 Å². The Morgan fingerprint density at radius 3 is 1.89 bits per heavy atom. The summed E-state index contributed by atoms with van der Waals surface area (Å²) < 4.78 is 38.8. The van der Waals surface area contributed by atoms with E-state index in [0.29, 0.717) is 28.6 Å². The number of hydrogen-bond acceptors (Lipinski definition) is 5. The minimum atomic E-state index is -3.99. The monoisotopic (exact) mass is 488 g/mol. The Kier molecular flexibility index (Phi) is 7.32.